The van der Waals surface area contributed by atoms with E-state index in [0.29, 0.717) is 42.0 Å². The zero-order valence-electron chi connectivity index (χ0n) is 39.7. The molecule has 0 saturated heterocycles. The Morgan fingerprint density at radius 3 is 1.88 bits per heavy atom. The van der Waals surface area contributed by atoms with E-state index in [1.807, 2.05) is 12.1 Å². The van der Waals surface area contributed by atoms with Gasteiger partial charge in [-0.3, -0.25) is 9.59 Å². The van der Waals surface area contributed by atoms with Crippen molar-refractivity contribution >= 4 is 171 Å². The molecule has 0 heterocycles. The van der Waals surface area contributed by atoms with Crippen LogP contribution in [0.5, 0.6) is 0 Å². The first kappa shape index (κ1) is 57.1. The van der Waals surface area contributed by atoms with Crippen LogP contribution < -0.4 is 11.5 Å². The number of esters is 4. The van der Waals surface area contributed by atoms with Crippen LogP contribution >= 0.6 is 136 Å². The summed E-state index contributed by atoms with van der Waals surface area (Å²) in [6, 6.07) is 3.94. The zero-order chi connectivity index (χ0) is 49.7. The van der Waals surface area contributed by atoms with Crippen molar-refractivity contribution < 1.29 is 38.1 Å². The molecule has 2 aromatic rings. The molecule has 68 heavy (non-hydrogen) atoms. The predicted octanol–water partition coefficient (Wildman–Crippen LogP) is 13.6. The first-order valence-corrected chi connectivity index (χ1v) is 30.5. The number of nitrogen functional groups attached to an aromatic ring is 2. The molecule has 16 heteroatoms. The average molecular weight is 1610 g/mol. The third-order valence-electron chi connectivity index (χ3n) is 15.8. The molecule has 0 bridgehead atoms. The third kappa shape index (κ3) is 13.9. The lowest BCUT2D eigenvalue weighted by Crippen LogP contribution is -2.51. The molecule has 4 aliphatic rings. The fourth-order valence-electron chi connectivity index (χ4n) is 12.1. The first-order valence-electron chi connectivity index (χ1n) is 24.1. The number of rotatable bonds is 19. The quantitative estimate of drug-likeness (QED) is 0.0346. The monoisotopic (exact) mass is 1610 g/mol. The Bertz CT molecular complexity index is 2190. The first-order chi connectivity index (χ1) is 32.1. The number of carbonyl (C=O) groups is 4. The maximum Gasteiger partial charge on any atom is 0.331 e. The van der Waals surface area contributed by atoms with E-state index < -0.39 is 30.0 Å². The summed E-state index contributed by atoms with van der Waals surface area (Å²) in [5.74, 6) is 2.04. The molecule has 3 fully saturated rings. The molecule has 0 radical (unpaired) electrons. The van der Waals surface area contributed by atoms with E-state index >= 15 is 0 Å². The molecular formula is C52H66I6N2O8. The topological polar surface area (TPSA) is 157 Å². The molecule has 4 N–H and O–H groups in total. The van der Waals surface area contributed by atoms with Crippen LogP contribution in [0.1, 0.15) is 129 Å². The van der Waals surface area contributed by atoms with Gasteiger partial charge in [0.15, 0.2) is 6.10 Å². The van der Waals surface area contributed by atoms with Gasteiger partial charge < -0.3 is 30.4 Å². The van der Waals surface area contributed by atoms with Gasteiger partial charge in [0.05, 0.1) is 11.4 Å². The number of allylic oxidation sites excluding steroid dienone is 1. The van der Waals surface area contributed by atoms with Gasteiger partial charge in [0.25, 0.3) is 0 Å². The standard InChI is InChI=1S/C52H66I6N2O8/c1-28(2)7-6-8-29(3)36-13-14-37-33-10-9-30-23-31(19-21-51(30,4)38(33)20-22-52(36,37)5)67-45(63)17-18-46(64)68-32(26-65-43(61)15-11-34-39(53)24-41(55)49(59)47(34)57)27-66-44(62)16-12-35-40(54)25-42(56)50(60)48(35)58/h9,17-18,24-25,28-29,31-33,36-38H,6-8,10-16,19-23,26-27,59-60H2,1-5H3/b18-17+/t29-,31+,33?,36-,37?,38?,51+,52-/m1/s1. The summed E-state index contributed by atoms with van der Waals surface area (Å²) in [6.07, 6.45) is 17.1. The van der Waals surface area contributed by atoms with Crippen molar-refractivity contribution in [3.8, 4) is 0 Å². The summed E-state index contributed by atoms with van der Waals surface area (Å²) in [5, 5.41) is 0. The van der Waals surface area contributed by atoms with Crippen molar-refractivity contribution in [1.29, 1.82) is 0 Å². The molecule has 3 saturated carbocycles. The van der Waals surface area contributed by atoms with Gasteiger partial charge >= 0.3 is 23.9 Å². The molecule has 0 aliphatic heterocycles. The normalized spacial score (nSPS) is 25.9. The minimum absolute atomic E-state index is 0.0611. The number of carbonyl (C=O) groups excluding carboxylic acids is 4. The van der Waals surface area contributed by atoms with Gasteiger partial charge in [-0.2, -0.15) is 0 Å². The average Bonchev–Trinajstić information content (AvgIpc) is 3.65. The van der Waals surface area contributed by atoms with Crippen LogP contribution in [0.3, 0.4) is 0 Å². The zero-order valence-corrected chi connectivity index (χ0v) is 52.7. The molecule has 374 valence electrons. The molecule has 3 unspecified atom stereocenters. The van der Waals surface area contributed by atoms with Gasteiger partial charge in [0.1, 0.15) is 19.3 Å². The number of fused-ring (bicyclic) bond motifs is 5. The van der Waals surface area contributed by atoms with Crippen LogP contribution in [-0.2, 0) is 51.0 Å². The lowest BCUT2D eigenvalue weighted by Gasteiger charge is -2.58. The number of ether oxygens (including phenoxy) is 4. The predicted molar refractivity (Wildman–Crippen MR) is 319 cm³/mol. The van der Waals surface area contributed by atoms with E-state index in [-0.39, 0.29) is 37.6 Å². The van der Waals surface area contributed by atoms with Crippen molar-refractivity contribution in [3.63, 3.8) is 0 Å². The fourth-order valence-corrected chi connectivity index (χ4v) is 20.0. The van der Waals surface area contributed by atoms with Gasteiger partial charge in [0, 0.05) is 52.8 Å². The molecule has 0 amide bonds. The highest BCUT2D eigenvalue weighted by molar-refractivity contribution is 14.1. The van der Waals surface area contributed by atoms with Crippen molar-refractivity contribution in [1.82, 2.24) is 0 Å². The Kier molecular flexibility index (Phi) is 21.3. The molecule has 0 aromatic heterocycles. The summed E-state index contributed by atoms with van der Waals surface area (Å²) < 4.78 is 28.4. The molecule has 0 spiro atoms. The van der Waals surface area contributed by atoms with Crippen molar-refractivity contribution in [3.05, 3.63) is 68.5 Å². The maximum absolute atomic E-state index is 13.2. The van der Waals surface area contributed by atoms with Crippen molar-refractivity contribution in [2.45, 2.75) is 143 Å². The second kappa shape index (κ2) is 25.3. The van der Waals surface area contributed by atoms with Crippen LogP contribution in [0.2, 0.25) is 0 Å². The van der Waals surface area contributed by atoms with E-state index in [1.165, 1.54) is 50.5 Å². The minimum atomic E-state index is -1.12. The third-order valence-corrected chi connectivity index (χ3v) is 22.0. The second-order valence-electron chi connectivity index (χ2n) is 20.4. The Morgan fingerprint density at radius 2 is 1.31 bits per heavy atom. The van der Waals surface area contributed by atoms with Gasteiger partial charge in [0.2, 0.25) is 0 Å². The highest BCUT2D eigenvalue weighted by atomic mass is 127. The van der Waals surface area contributed by atoms with E-state index in [9.17, 15) is 19.2 Å². The molecule has 4 aliphatic carbocycles. The Hall–Kier alpha value is -0.220. The van der Waals surface area contributed by atoms with Crippen LogP contribution in [0, 0.1) is 67.8 Å². The molecule has 6 rings (SSSR count). The highest BCUT2D eigenvalue weighted by Gasteiger charge is 2.59. The Labute approximate surface area is 485 Å². The number of hydrogen-bond acceptors (Lipinski definition) is 10. The van der Waals surface area contributed by atoms with E-state index in [0.717, 1.165) is 93.6 Å². The number of hydrogen-bond donors (Lipinski definition) is 2. The minimum Gasteiger partial charge on any atom is -0.462 e. The summed E-state index contributed by atoms with van der Waals surface area (Å²) in [5.41, 5.74) is 17.7. The van der Waals surface area contributed by atoms with Crippen LogP contribution in [0.4, 0.5) is 11.4 Å². The second-order valence-corrected chi connectivity index (χ2v) is 27.2. The number of benzene rings is 2. The van der Waals surface area contributed by atoms with Crippen LogP contribution in [0.25, 0.3) is 0 Å². The summed E-state index contributed by atoms with van der Waals surface area (Å²) in [7, 11) is 0. The number of anilines is 2. The number of nitrogens with two attached hydrogens (primary N) is 2. The van der Waals surface area contributed by atoms with E-state index in [1.54, 1.807) is 0 Å². The largest absolute Gasteiger partial charge is 0.462 e. The van der Waals surface area contributed by atoms with Gasteiger partial charge in [-0.1, -0.05) is 65.5 Å². The lowest BCUT2D eigenvalue weighted by atomic mass is 9.47. The summed E-state index contributed by atoms with van der Waals surface area (Å²) in [6.45, 7) is 11.6. The van der Waals surface area contributed by atoms with Crippen LogP contribution in [0.15, 0.2) is 35.9 Å². The van der Waals surface area contributed by atoms with Crippen molar-refractivity contribution in [2.75, 3.05) is 24.7 Å². The summed E-state index contributed by atoms with van der Waals surface area (Å²) in [4.78, 5) is 52.4. The fraction of sp³-hybridized carbons (Fsp3) is 0.615. The maximum atomic E-state index is 13.2. The van der Waals surface area contributed by atoms with Gasteiger partial charge in [-0.05, 0) is 263 Å². The van der Waals surface area contributed by atoms with E-state index in [4.69, 9.17) is 30.4 Å². The Balaban J connectivity index is 1.03. The molecule has 2 aromatic carbocycles. The van der Waals surface area contributed by atoms with Crippen LogP contribution in [-0.4, -0.2) is 49.3 Å². The Morgan fingerprint density at radius 1 is 0.735 bits per heavy atom. The van der Waals surface area contributed by atoms with Gasteiger partial charge in [-0.25, -0.2) is 9.59 Å². The molecular weight excluding hydrogens is 1540 g/mol. The summed E-state index contributed by atoms with van der Waals surface area (Å²) >= 11 is 13.2. The number of halogens is 6. The highest BCUT2D eigenvalue weighted by Crippen LogP contribution is 2.67. The van der Waals surface area contributed by atoms with Crippen molar-refractivity contribution in [2.24, 2.45) is 46.3 Å². The SMILES string of the molecule is CC(C)CCC[C@@H](C)[C@H]1CCC2C3CC=C4C[C@@H](OC(=O)/C=C/C(=O)OC(COC(=O)CCc5c(I)cc(I)c(N)c5I)COC(=O)CCc5c(I)cc(I)c(N)c5I)CC[C@]4(C)C3CC[C@@]21C. The van der Waals surface area contributed by atoms with Gasteiger partial charge in [-0.15, -0.1) is 0 Å². The smallest absolute Gasteiger partial charge is 0.331 e. The molecule has 10 nitrogen and oxygen atoms in total. The van der Waals surface area contributed by atoms with E-state index in [2.05, 4.69) is 176 Å². The lowest BCUT2D eigenvalue weighted by molar-refractivity contribution is -0.163. The molecule has 8 atom stereocenters.